The third kappa shape index (κ3) is 3.34. The maximum absolute atomic E-state index is 6.34. The molecule has 2 aromatic rings. The van der Waals surface area contributed by atoms with Crippen LogP contribution in [0.5, 0.6) is 0 Å². The molecule has 0 fully saturated rings. The molecule has 0 unspecified atom stereocenters. The van der Waals surface area contributed by atoms with E-state index in [1.807, 2.05) is 0 Å². The van der Waals surface area contributed by atoms with E-state index >= 15 is 0 Å². The number of rotatable bonds is 5. The summed E-state index contributed by atoms with van der Waals surface area (Å²) in [6.07, 6.45) is 2.18. The molecule has 2 heteroatoms. The predicted molar refractivity (Wildman–Crippen MR) is 92.1 cm³/mol. The van der Waals surface area contributed by atoms with Gasteiger partial charge in [0.25, 0.3) is 0 Å². The van der Waals surface area contributed by atoms with Gasteiger partial charge in [-0.2, -0.15) is 0 Å². The zero-order valence-electron chi connectivity index (χ0n) is 12.5. The minimum absolute atomic E-state index is 0.728. The van der Waals surface area contributed by atoms with Crippen molar-refractivity contribution in [2.75, 3.05) is 5.50 Å². The summed E-state index contributed by atoms with van der Waals surface area (Å²) in [6.45, 7) is 6.63. The standard InChI is InChI=1S/C18H22ClSi/c1-4-15-10-16(5-2)12-17(11-15)20(13-19)18-9-7-6-8-14(18)3/h6-12H,4-5,13H2,1-3H3. The van der Waals surface area contributed by atoms with Gasteiger partial charge in [-0.3, -0.25) is 0 Å². The fourth-order valence-corrected chi connectivity index (χ4v) is 5.64. The van der Waals surface area contributed by atoms with Crippen LogP contribution in [0.4, 0.5) is 0 Å². The second-order valence-electron chi connectivity index (χ2n) is 5.17. The number of alkyl halides is 1. The first-order valence-corrected chi connectivity index (χ1v) is 9.54. The van der Waals surface area contributed by atoms with Crippen LogP contribution < -0.4 is 10.4 Å². The van der Waals surface area contributed by atoms with Crippen LogP contribution in [0.1, 0.15) is 30.5 Å². The minimum Gasteiger partial charge on any atom is -0.130 e. The van der Waals surface area contributed by atoms with Crippen molar-refractivity contribution >= 4 is 30.8 Å². The van der Waals surface area contributed by atoms with Gasteiger partial charge < -0.3 is 0 Å². The summed E-state index contributed by atoms with van der Waals surface area (Å²) in [5.74, 6) is 0. The Kier molecular flexibility index (Phi) is 5.44. The van der Waals surface area contributed by atoms with Crippen molar-refractivity contribution < 1.29 is 0 Å². The highest BCUT2D eigenvalue weighted by atomic mass is 35.5. The SMILES string of the molecule is CCc1cc(CC)cc([Si](CCl)c2ccccc2C)c1. The van der Waals surface area contributed by atoms with E-state index in [2.05, 4.69) is 63.2 Å². The molecule has 0 bridgehead atoms. The van der Waals surface area contributed by atoms with Crippen LogP contribution in [0.3, 0.4) is 0 Å². The lowest BCUT2D eigenvalue weighted by Gasteiger charge is -2.17. The van der Waals surface area contributed by atoms with Gasteiger partial charge in [-0.15, -0.1) is 11.6 Å². The van der Waals surface area contributed by atoms with Crippen LogP contribution in [-0.2, 0) is 12.8 Å². The molecule has 0 N–H and O–H groups in total. The quantitative estimate of drug-likeness (QED) is 0.586. The van der Waals surface area contributed by atoms with Crippen LogP contribution >= 0.6 is 11.6 Å². The number of benzene rings is 2. The van der Waals surface area contributed by atoms with Gasteiger partial charge in [-0.25, -0.2) is 0 Å². The van der Waals surface area contributed by atoms with Crippen LogP contribution in [-0.4, -0.2) is 14.3 Å². The van der Waals surface area contributed by atoms with E-state index in [0.717, 1.165) is 18.3 Å². The maximum Gasteiger partial charge on any atom is 0.136 e. The molecule has 0 saturated heterocycles. The van der Waals surface area contributed by atoms with E-state index < -0.39 is 8.80 Å². The van der Waals surface area contributed by atoms with Crippen LogP contribution in [0.15, 0.2) is 42.5 Å². The Balaban J connectivity index is 2.49. The van der Waals surface area contributed by atoms with Crippen molar-refractivity contribution in [3.05, 3.63) is 59.2 Å². The molecule has 0 atom stereocenters. The summed E-state index contributed by atoms with van der Waals surface area (Å²) in [4.78, 5) is 0. The normalized spacial score (nSPS) is 11.1. The van der Waals surface area contributed by atoms with Crippen molar-refractivity contribution in [1.82, 2.24) is 0 Å². The molecule has 0 aliphatic heterocycles. The molecule has 0 amide bonds. The molecular formula is C18H22ClSi. The lowest BCUT2D eigenvalue weighted by Crippen LogP contribution is -2.45. The predicted octanol–water partition coefficient (Wildman–Crippen LogP) is 3.51. The zero-order chi connectivity index (χ0) is 14.5. The average molecular weight is 302 g/mol. The molecule has 2 aromatic carbocycles. The van der Waals surface area contributed by atoms with Crippen LogP contribution in [0.25, 0.3) is 0 Å². The number of halogens is 1. The first-order chi connectivity index (χ1) is 9.69. The number of hydrogen-bond donors (Lipinski definition) is 0. The van der Waals surface area contributed by atoms with Gasteiger partial charge in [0.05, 0.1) is 0 Å². The highest BCUT2D eigenvalue weighted by molar-refractivity contribution is 6.89. The fourth-order valence-electron chi connectivity index (χ4n) is 2.56. The highest BCUT2D eigenvalue weighted by Crippen LogP contribution is 2.08. The third-order valence-electron chi connectivity index (χ3n) is 3.82. The molecule has 1 radical (unpaired) electrons. The van der Waals surface area contributed by atoms with E-state index in [9.17, 15) is 0 Å². The molecule has 0 aromatic heterocycles. The Hall–Kier alpha value is -1.05. The molecule has 0 aliphatic rings. The van der Waals surface area contributed by atoms with Crippen molar-refractivity contribution in [2.45, 2.75) is 33.6 Å². The Bertz CT molecular complexity index is 555. The molecule has 105 valence electrons. The summed E-state index contributed by atoms with van der Waals surface area (Å²) in [7, 11) is -0.868. The Morgan fingerprint density at radius 3 is 2.05 bits per heavy atom. The number of aryl methyl sites for hydroxylation is 3. The van der Waals surface area contributed by atoms with Crippen LogP contribution in [0, 0.1) is 6.92 Å². The van der Waals surface area contributed by atoms with E-state index in [0.29, 0.717) is 0 Å². The van der Waals surface area contributed by atoms with Crippen molar-refractivity contribution in [3.63, 3.8) is 0 Å². The summed E-state index contributed by atoms with van der Waals surface area (Å²) in [5.41, 5.74) is 4.95. The van der Waals surface area contributed by atoms with Gasteiger partial charge in [0.1, 0.15) is 8.80 Å². The van der Waals surface area contributed by atoms with Gasteiger partial charge in [-0.1, -0.05) is 72.2 Å². The third-order valence-corrected chi connectivity index (χ3v) is 7.09. The first kappa shape index (κ1) is 15.3. The Labute approximate surface area is 129 Å². The summed E-state index contributed by atoms with van der Waals surface area (Å²) in [5, 5.41) is 2.90. The zero-order valence-corrected chi connectivity index (χ0v) is 14.3. The minimum atomic E-state index is -0.868. The molecule has 2 rings (SSSR count). The van der Waals surface area contributed by atoms with E-state index in [1.54, 1.807) is 0 Å². The highest BCUT2D eigenvalue weighted by Gasteiger charge is 2.18. The van der Waals surface area contributed by atoms with E-state index in [4.69, 9.17) is 11.6 Å². The topological polar surface area (TPSA) is 0 Å². The van der Waals surface area contributed by atoms with Crippen LogP contribution in [0.2, 0.25) is 0 Å². The number of hydrogen-bond acceptors (Lipinski definition) is 0. The first-order valence-electron chi connectivity index (χ1n) is 7.30. The summed E-state index contributed by atoms with van der Waals surface area (Å²) < 4.78 is 0. The maximum atomic E-state index is 6.34. The molecule has 20 heavy (non-hydrogen) atoms. The van der Waals surface area contributed by atoms with Gasteiger partial charge in [0, 0.05) is 5.50 Å². The van der Waals surface area contributed by atoms with E-state index in [1.165, 1.54) is 27.1 Å². The largest absolute Gasteiger partial charge is 0.136 e. The fraction of sp³-hybridized carbons (Fsp3) is 0.333. The summed E-state index contributed by atoms with van der Waals surface area (Å²) >= 11 is 6.34. The van der Waals surface area contributed by atoms with E-state index in [-0.39, 0.29) is 0 Å². The average Bonchev–Trinajstić information content (AvgIpc) is 2.49. The molecule has 0 spiro atoms. The smallest absolute Gasteiger partial charge is 0.130 e. The molecular weight excluding hydrogens is 280 g/mol. The van der Waals surface area contributed by atoms with Crippen molar-refractivity contribution in [1.29, 1.82) is 0 Å². The van der Waals surface area contributed by atoms with Gasteiger partial charge in [-0.05, 0) is 30.9 Å². The summed E-state index contributed by atoms with van der Waals surface area (Å²) in [6, 6.07) is 15.7. The monoisotopic (exact) mass is 301 g/mol. The van der Waals surface area contributed by atoms with Gasteiger partial charge >= 0.3 is 0 Å². The van der Waals surface area contributed by atoms with Gasteiger partial charge in [0.2, 0.25) is 0 Å². The second kappa shape index (κ2) is 7.10. The molecule has 0 saturated carbocycles. The second-order valence-corrected chi connectivity index (χ2v) is 8.31. The Morgan fingerprint density at radius 1 is 0.950 bits per heavy atom. The Morgan fingerprint density at radius 2 is 1.55 bits per heavy atom. The lowest BCUT2D eigenvalue weighted by molar-refractivity contribution is 1.09. The lowest BCUT2D eigenvalue weighted by atomic mass is 10.1. The van der Waals surface area contributed by atoms with Gasteiger partial charge in [0.15, 0.2) is 0 Å². The van der Waals surface area contributed by atoms with Crippen molar-refractivity contribution in [3.8, 4) is 0 Å². The molecule has 0 aliphatic carbocycles. The molecule has 0 nitrogen and oxygen atoms in total. The molecule has 0 heterocycles. The van der Waals surface area contributed by atoms with Crippen molar-refractivity contribution in [2.24, 2.45) is 0 Å².